The summed E-state index contributed by atoms with van der Waals surface area (Å²) >= 11 is 0. The van der Waals surface area contributed by atoms with E-state index in [1.54, 1.807) is 12.3 Å². The van der Waals surface area contributed by atoms with E-state index in [0.717, 1.165) is 35.3 Å². The van der Waals surface area contributed by atoms with E-state index in [4.69, 9.17) is 5.21 Å². The van der Waals surface area contributed by atoms with Gasteiger partial charge in [-0.1, -0.05) is 17.7 Å². The number of anilines is 1. The molecule has 1 saturated heterocycles. The molecule has 3 N–H and O–H groups in total. The molecule has 0 spiro atoms. The number of likely N-dealkylation sites (tertiary alicyclic amines) is 1. The number of pyridine rings is 1. The largest absolute Gasteiger partial charge is 0.367 e. The Morgan fingerprint density at radius 2 is 1.83 bits per heavy atom. The van der Waals surface area contributed by atoms with Crippen LogP contribution in [0.4, 0.5) is 5.82 Å². The molecule has 0 radical (unpaired) electrons. The monoisotopic (exact) mass is 416 g/mol. The number of rotatable bonds is 5. The van der Waals surface area contributed by atoms with E-state index in [2.05, 4.69) is 10.3 Å². The van der Waals surface area contributed by atoms with E-state index in [1.165, 1.54) is 11.6 Å². The first-order valence-corrected chi connectivity index (χ1v) is 9.26. The number of amides is 2. The summed E-state index contributed by atoms with van der Waals surface area (Å²) in [5.41, 5.74) is 4.17. The van der Waals surface area contributed by atoms with E-state index < -0.39 is 5.91 Å². The number of nitrogens with zero attached hydrogens (tertiary/aromatic N) is 2. The van der Waals surface area contributed by atoms with Crippen LogP contribution < -0.4 is 10.8 Å². The van der Waals surface area contributed by atoms with Crippen LogP contribution in [0, 0.1) is 6.92 Å². The van der Waals surface area contributed by atoms with Crippen LogP contribution >= 0.6 is 12.4 Å². The van der Waals surface area contributed by atoms with Crippen molar-refractivity contribution >= 4 is 36.1 Å². The van der Waals surface area contributed by atoms with E-state index in [-0.39, 0.29) is 24.4 Å². The Morgan fingerprint density at radius 3 is 2.41 bits per heavy atom. The van der Waals surface area contributed by atoms with Crippen LogP contribution in [0.25, 0.3) is 6.08 Å². The fourth-order valence-corrected chi connectivity index (χ4v) is 3.11. The van der Waals surface area contributed by atoms with Crippen LogP contribution in [0.3, 0.4) is 0 Å². The second-order valence-electron chi connectivity index (χ2n) is 6.86. The summed E-state index contributed by atoms with van der Waals surface area (Å²) in [6, 6.07) is 11.6. The third kappa shape index (κ3) is 6.30. The summed E-state index contributed by atoms with van der Waals surface area (Å²) in [5, 5.41) is 11.9. The number of hydrogen-bond acceptors (Lipinski definition) is 5. The highest BCUT2D eigenvalue weighted by atomic mass is 35.5. The Balaban J connectivity index is 0.00000300. The van der Waals surface area contributed by atoms with Gasteiger partial charge in [0.05, 0.1) is 0 Å². The lowest BCUT2D eigenvalue weighted by atomic mass is 10.0. The lowest BCUT2D eigenvalue weighted by molar-refractivity contribution is -0.124. The van der Waals surface area contributed by atoms with Crippen LogP contribution in [-0.4, -0.2) is 46.0 Å². The molecule has 0 bridgehead atoms. The lowest BCUT2D eigenvalue weighted by Gasteiger charge is -2.32. The first-order valence-electron chi connectivity index (χ1n) is 9.26. The lowest BCUT2D eigenvalue weighted by Crippen LogP contribution is -2.42. The van der Waals surface area contributed by atoms with Gasteiger partial charge in [0.15, 0.2) is 0 Å². The Hall–Kier alpha value is -2.90. The third-order valence-corrected chi connectivity index (χ3v) is 4.76. The molecule has 2 heterocycles. The number of carbonyl (C=O) groups is 2. The van der Waals surface area contributed by atoms with Gasteiger partial charge in [-0.25, -0.2) is 10.5 Å². The van der Waals surface area contributed by atoms with Gasteiger partial charge >= 0.3 is 0 Å². The van der Waals surface area contributed by atoms with Crippen LogP contribution in [0.5, 0.6) is 0 Å². The molecule has 1 aromatic heterocycles. The number of halogens is 1. The predicted molar refractivity (Wildman–Crippen MR) is 114 cm³/mol. The smallest absolute Gasteiger partial charge is 0.267 e. The van der Waals surface area contributed by atoms with E-state index in [9.17, 15) is 9.59 Å². The molecule has 1 aliphatic heterocycles. The summed E-state index contributed by atoms with van der Waals surface area (Å²) in [6.45, 7) is 3.43. The molecule has 0 saturated carbocycles. The molecule has 0 unspecified atom stereocenters. The maximum absolute atomic E-state index is 12.6. The zero-order chi connectivity index (χ0) is 19.9. The molecule has 1 aliphatic rings. The highest BCUT2D eigenvalue weighted by molar-refractivity contribution is 5.94. The van der Waals surface area contributed by atoms with Crippen LogP contribution in [0.15, 0.2) is 48.7 Å². The molecule has 8 heteroatoms. The van der Waals surface area contributed by atoms with Crippen molar-refractivity contribution in [2.45, 2.75) is 25.8 Å². The Labute approximate surface area is 176 Å². The molecule has 29 heavy (non-hydrogen) atoms. The molecule has 1 aromatic carbocycles. The number of nitrogens with one attached hydrogen (secondary N) is 2. The van der Waals surface area contributed by atoms with Gasteiger partial charge in [-0.05, 0) is 55.7 Å². The third-order valence-electron chi connectivity index (χ3n) is 4.76. The summed E-state index contributed by atoms with van der Waals surface area (Å²) in [6.07, 6.45) is 6.16. The number of carbonyl (C=O) groups excluding carboxylic acids is 2. The van der Waals surface area contributed by atoms with E-state index in [0.29, 0.717) is 13.1 Å². The van der Waals surface area contributed by atoms with Crippen molar-refractivity contribution in [3.05, 3.63) is 65.4 Å². The van der Waals surface area contributed by atoms with Crippen LogP contribution in [0.2, 0.25) is 0 Å². The average molecular weight is 417 g/mol. The number of aryl methyl sites for hydroxylation is 1. The molecule has 154 valence electrons. The van der Waals surface area contributed by atoms with Crippen molar-refractivity contribution in [3.8, 4) is 0 Å². The van der Waals surface area contributed by atoms with Crippen molar-refractivity contribution in [1.29, 1.82) is 0 Å². The fraction of sp³-hybridized carbons (Fsp3) is 0.286. The highest BCUT2D eigenvalue weighted by Crippen LogP contribution is 2.18. The molecule has 3 rings (SSSR count). The van der Waals surface area contributed by atoms with Gasteiger partial charge in [-0.2, -0.15) is 0 Å². The maximum Gasteiger partial charge on any atom is 0.267 e. The minimum atomic E-state index is -0.589. The number of benzene rings is 1. The van der Waals surface area contributed by atoms with Crippen molar-refractivity contribution < 1.29 is 14.8 Å². The van der Waals surface area contributed by atoms with Crippen LogP contribution in [-0.2, 0) is 4.79 Å². The second-order valence-corrected chi connectivity index (χ2v) is 6.86. The Bertz CT molecular complexity index is 845. The van der Waals surface area contributed by atoms with Crippen molar-refractivity contribution in [2.75, 3.05) is 18.4 Å². The second kappa shape index (κ2) is 10.6. The van der Waals surface area contributed by atoms with Crippen molar-refractivity contribution in [3.63, 3.8) is 0 Å². The SMILES string of the molecule is Cc1ccc(C(=O)N2CCC(Nc3ccc(C=CC(=O)NO)cn3)CC2)cc1.Cl. The molecule has 2 amide bonds. The summed E-state index contributed by atoms with van der Waals surface area (Å²) in [4.78, 5) is 29.8. The average Bonchev–Trinajstić information content (AvgIpc) is 2.73. The van der Waals surface area contributed by atoms with Crippen molar-refractivity contribution in [2.24, 2.45) is 0 Å². The summed E-state index contributed by atoms with van der Waals surface area (Å²) < 4.78 is 0. The van der Waals surface area contributed by atoms with Crippen LogP contribution in [0.1, 0.15) is 34.3 Å². The molecule has 7 nitrogen and oxygen atoms in total. The molecule has 0 aliphatic carbocycles. The number of hydroxylamine groups is 1. The molecular weight excluding hydrogens is 392 g/mol. The maximum atomic E-state index is 12.6. The van der Waals surface area contributed by atoms with Gasteiger partial charge in [-0.3, -0.25) is 14.8 Å². The first kappa shape index (κ1) is 22.4. The fourth-order valence-electron chi connectivity index (χ4n) is 3.11. The zero-order valence-corrected chi connectivity index (χ0v) is 17.0. The predicted octanol–water partition coefficient (Wildman–Crippen LogP) is 3.05. The number of piperidine rings is 1. The van der Waals surface area contributed by atoms with E-state index >= 15 is 0 Å². The first-order chi connectivity index (χ1) is 13.5. The van der Waals surface area contributed by atoms with Gasteiger partial charge in [0, 0.05) is 37.0 Å². The molecular formula is C21H25ClN4O3. The number of hydrogen-bond donors (Lipinski definition) is 3. The van der Waals surface area contributed by atoms with Gasteiger partial charge in [0.25, 0.3) is 11.8 Å². The Morgan fingerprint density at radius 1 is 1.14 bits per heavy atom. The van der Waals surface area contributed by atoms with Gasteiger partial charge in [0.1, 0.15) is 5.82 Å². The quantitative estimate of drug-likeness (QED) is 0.395. The topological polar surface area (TPSA) is 94.6 Å². The van der Waals surface area contributed by atoms with Gasteiger partial charge in [-0.15, -0.1) is 12.4 Å². The molecule has 1 fully saturated rings. The summed E-state index contributed by atoms with van der Waals surface area (Å²) in [5.74, 6) is 0.251. The standard InChI is InChI=1S/C21H24N4O3.ClH/c1-15-2-6-17(7-3-15)21(27)25-12-10-18(11-13-25)23-19-8-4-16(14-22-19)5-9-20(26)24-28;/h2-9,14,18,28H,10-13H2,1H3,(H,22,23)(H,24,26);1H. The highest BCUT2D eigenvalue weighted by Gasteiger charge is 2.23. The zero-order valence-electron chi connectivity index (χ0n) is 16.2. The van der Waals surface area contributed by atoms with Gasteiger partial charge < -0.3 is 10.2 Å². The molecule has 0 atom stereocenters. The summed E-state index contributed by atoms with van der Waals surface area (Å²) in [7, 11) is 0. The Kier molecular flexibility index (Phi) is 8.18. The minimum Gasteiger partial charge on any atom is -0.367 e. The van der Waals surface area contributed by atoms with E-state index in [1.807, 2.05) is 48.2 Å². The molecule has 2 aromatic rings. The minimum absolute atomic E-state index is 0. The van der Waals surface area contributed by atoms with Crippen molar-refractivity contribution in [1.82, 2.24) is 15.4 Å². The van der Waals surface area contributed by atoms with Gasteiger partial charge in [0.2, 0.25) is 0 Å². The normalized spacial score (nSPS) is 14.3. The number of aromatic nitrogens is 1.